The van der Waals surface area contributed by atoms with Crippen LogP contribution in [0, 0.1) is 12.3 Å². The van der Waals surface area contributed by atoms with E-state index in [0.29, 0.717) is 28.6 Å². The van der Waals surface area contributed by atoms with E-state index in [9.17, 15) is 13.2 Å². The molecule has 2 aromatic carbocycles. The van der Waals surface area contributed by atoms with Gasteiger partial charge in [0.25, 0.3) is 0 Å². The van der Waals surface area contributed by atoms with Crippen LogP contribution in [0.5, 0.6) is 0 Å². The minimum Gasteiger partial charge on any atom is -0.371 e. The Labute approximate surface area is 214 Å². The molecule has 2 heterocycles. The first kappa shape index (κ1) is 27.8. The fourth-order valence-electron chi connectivity index (χ4n) is 4.61. The van der Waals surface area contributed by atoms with Gasteiger partial charge in [-0.25, -0.2) is 4.68 Å². The molecule has 1 saturated heterocycles. The number of aryl methyl sites for hydroxylation is 1. The summed E-state index contributed by atoms with van der Waals surface area (Å²) in [5.74, 6) is 0.936. The van der Waals surface area contributed by atoms with Crippen molar-refractivity contribution in [2.24, 2.45) is 5.41 Å². The van der Waals surface area contributed by atoms with Crippen molar-refractivity contribution in [2.45, 2.75) is 79.3 Å². The molecule has 1 aliphatic heterocycles. The van der Waals surface area contributed by atoms with E-state index < -0.39 is 11.9 Å². The van der Waals surface area contributed by atoms with Crippen molar-refractivity contribution < 1.29 is 13.2 Å². The van der Waals surface area contributed by atoms with Gasteiger partial charge in [0.2, 0.25) is 0 Å². The number of hydrogen-bond donors (Lipinski definition) is 0. The highest BCUT2D eigenvalue weighted by atomic mass is 19.4. The summed E-state index contributed by atoms with van der Waals surface area (Å²) in [6, 6.07) is 17.5. The minimum atomic E-state index is -4.41. The van der Waals surface area contributed by atoms with Gasteiger partial charge in [0, 0.05) is 24.5 Å². The van der Waals surface area contributed by atoms with Crippen molar-refractivity contribution in [1.29, 1.82) is 0 Å². The van der Waals surface area contributed by atoms with E-state index in [-0.39, 0.29) is 0 Å². The predicted octanol–water partition coefficient (Wildman–Crippen LogP) is 8.76. The summed E-state index contributed by atoms with van der Waals surface area (Å²) in [4.78, 5) is 2.55. The molecular formula is C30H40F3N3. The maximum absolute atomic E-state index is 12.6. The van der Waals surface area contributed by atoms with E-state index in [4.69, 9.17) is 0 Å². The molecule has 1 fully saturated rings. The second kappa shape index (κ2) is 11.1. The first-order valence-electron chi connectivity index (χ1n) is 12.9. The van der Waals surface area contributed by atoms with Gasteiger partial charge in [-0.1, -0.05) is 65.8 Å². The molecule has 6 heteroatoms. The van der Waals surface area contributed by atoms with E-state index in [1.807, 2.05) is 32.0 Å². The third-order valence-electron chi connectivity index (χ3n) is 6.76. The van der Waals surface area contributed by atoms with Gasteiger partial charge in [0.1, 0.15) is 0 Å². The third kappa shape index (κ3) is 7.14. The van der Waals surface area contributed by atoms with Crippen LogP contribution in [0.25, 0.3) is 5.69 Å². The van der Waals surface area contributed by atoms with Crippen molar-refractivity contribution in [2.75, 3.05) is 18.0 Å². The molecule has 3 nitrogen and oxygen atoms in total. The summed E-state index contributed by atoms with van der Waals surface area (Å²) in [6.45, 7) is 17.4. The first-order valence-corrected chi connectivity index (χ1v) is 12.9. The average molecular weight is 500 g/mol. The van der Waals surface area contributed by atoms with Crippen LogP contribution in [-0.4, -0.2) is 22.9 Å². The highest BCUT2D eigenvalue weighted by molar-refractivity contribution is 5.50. The van der Waals surface area contributed by atoms with Crippen LogP contribution >= 0.6 is 0 Å². The Morgan fingerprint density at radius 2 is 1.42 bits per heavy atom. The Morgan fingerprint density at radius 1 is 0.861 bits per heavy atom. The number of nitrogens with zero attached hydrogens (tertiary/aromatic N) is 3. The topological polar surface area (TPSA) is 21.1 Å². The molecule has 0 atom stereocenters. The lowest BCUT2D eigenvalue weighted by molar-refractivity contribution is -0.141. The van der Waals surface area contributed by atoms with Gasteiger partial charge in [-0.05, 0) is 78.5 Å². The van der Waals surface area contributed by atoms with Crippen molar-refractivity contribution in [3.8, 4) is 5.69 Å². The van der Waals surface area contributed by atoms with Gasteiger partial charge in [-0.2, -0.15) is 18.3 Å². The first-order chi connectivity index (χ1) is 16.8. The molecule has 3 aromatic rings. The van der Waals surface area contributed by atoms with Gasteiger partial charge in [-0.15, -0.1) is 0 Å². The van der Waals surface area contributed by atoms with Crippen LogP contribution in [-0.2, 0) is 6.18 Å². The summed E-state index contributed by atoms with van der Waals surface area (Å²) in [6.07, 6.45) is -1.74. The fraction of sp³-hybridized carbons (Fsp3) is 0.500. The lowest BCUT2D eigenvalue weighted by Gasteiger charge is -2.39. The molecule has 36 heavy (non-hydrogen) atoms. The summed E-state index contributed by atoms with van der Waals surface area (Å²) in [5.41, 5.74) is 4.65. The molecule has 196 valence electrons. The molecular weight excluding hydrogens is 459 g/mol. The number of piperidine rings is 1. The fourth-order valence-corrected chi connectivity index (χ4v) is 4.61. The molecule has 0 spiro atoms. The zero-order valence-corrected chi connectivity index (χ0v) is 22.7. The van der Waals surface area contributed by atoms with Gasteiger partial charge in [-0.3, -0.25) is 0 Å². The Morgan fingerprint density at radius 3 is 1.92 bits per heavy atom. The van der Waals surface area contributed by atoms with Crippen LogP contribution in [0.2, 0.25) is 0 Å². The molecule has 0 bridgehead atoms. The standard InChI is InChI=1S/C16H25N.C14H15F3N2/c1-13(2)14-7-5-8-15(11-14)17-10-6-9-16(3,4)12-17;1-9(2)11-5-4-6-12(8-11)19-10(3)7-13(18-19)14(15,16)17/h5,7-8,11,13H,6,9-10,12H2,1-4H3;4-9H,1-3H3. The Kier molecular flexibility index (Phi) is 8.58. The molecule has 1 aliphatic rings. The maximum Gasteiger partial charge on any atom is 0.435 e. The Hall–Kier alpha value is -2.76. The van der Waals surface area contributed by atoms with E-state index >= 15 is 0 Å². The number of alkyl halides is 3. The van der Waals surface area contributed by atoms with Crippen molar-refractivity contribution in [3.05, 3.63) is 77.1 Å². The second-order valence-electron chi connectivity index (χ2n) is 11.3. The Bertz CT molecular complexity index is 1140. The number of hydrogen-bond acceptors (Lipinski definition) is 2. The molecule has 0 amide bonds. The summed E-state index contributed by atoms with van der Waals surface area (Å²) >= 11 is 0. The Balaban J connectivity index is 0.000000202. The molecule has 1 aromatic heterocycles. The number of benzene rings is 2. The quantitative estimate of drug-likeness (QED) is 0.358. The molecule has 0 N–H and O–H groups in total. The van der Waals surface area contributed by atoms with Gasteiger partial charge < -0.3 is 4.90 Å². The van der Waals surface area contributed by atoms with E-state index in [1.165, 1.54) is 41.9 Å². The van der Waals surface area contributed by atoms with Crippen molar-refractivity contribution in [3.63, 3.8) is 0 Å². The number of aromatic nitrogens is 2. The van der Waals surface area contributed by atoms with Crippen LogP contribution in [0.3, 0.4) is 0 Å². The van der Waals surface area contributed by atoms with Gasteiger partial charge in [0.15, 0.2) is 5.69 Å². The summed E-state index contributed by atoms with van der Waals surface area (Å²) < 4.78 is 39.2. The van der Waals surface area contributed by atoms with E-state index in [0.717, 1.165) is 11.6 Å². The molecule has 0 unspecified atom stereocenters. The van der Waals surface area contributed by atoms with E-state index in [1.54, 1.807) is 13.0 Å². The predicted molar refractivity (Wildman–Crippen MR) is 143 cm³/mol. The van der Waals surface area contributed by atoms with Gasteiger partial charge in [0.05, 0.1) is 5.69 Å². The van der Waals surface area contributed by atoms with Crippen LogP contribution in [0.4, 0.5) is 18.9 Å². The van der Waals surface area contributed by atoms with Crippen LogP contribution < -0.4 is 4.90 Å². The number of halogens is 3. The minimum absolute atomic E-state index is 0.318. The second-order valence-corrected chi connectivity index (χ2v) is 11.3. The SMILES string of the molecule is CC(C)c1cccc(N2CCCC(C)(C)C2)c1.Cc1cc(C(F)(F)F)nn1-c1cccc(C(C)C)c1. The van der Waals surface area contributed by atoms with Crippen molar-refractivity contribution >= 4 is 5.69 Å². The third-order valence-corrected chi connectivity index (χ3v) is 6.76. The smallest absolute Gasteiger partial charge is 0.371 e. The number of anilines is 1. The van der Waals surface area contributed by atoms with Crippen molar-refractivity contribution in [1.82, 2.24) is 9.78 Å². The molecule has 0 aliphatic carbocycles. The zero-order valence-electron chi connectivity index (χ0n) is 22.7. The maximum atomic E-state index is 12.6. The monoisotopic (exact) mass is 499 g/mol. The zero-order chi connectivity index (χ0) is 26.7. The summed E-state index contributed by atoms with van der Waals surface area (Å²) in [7, 11) is 0. The lowest BCUT2D eigenvalue weighted by atomic mass is 9.84. The van der Waals surface area contributed by atoms with E-state index in [2.05, 4.69) is 62.0 Å². The molecule has 0 radical (unpaired) electrons. The highest BCUT2D eigenvalue weighted by Gasteiger charge is 2.34. The van der Waals surface area contributed by atoms with Crippen LogP contribution in [0.1, 0.15) is 88.7 Å². The average Bonchev–Trinajstić information content (AvgIpc) is 3.21. The van der Waals surface area contributed by atoms with Gasteiger partial charge >= 0.3 is 6.18 Å². The molecule has 4 rings (SSSR count). The largest absolute Gasteiger partial charge is 0.435 e. The lowest BCUT2D eigenvalue weighted by Crippen LogP contribution is -2.40. The summed E-state index contributed by atoms with van der Waals surface area (Å²) in [5, 5.41) is 3.64. The molecule has 0 saturated carbocycles. The highest BCUT2D eigenvalue weighted by Crippen LogP contribution is 2.33. The normalized spacial score (nSPS) is 15.7. The van der Waals surface area contributed by atoms with Crippen LogP contribution in [0.15, 0.2) is 54.6 Å². The number of rotatable bonds is 4.